The first-order valence-corrected chi connectivity index (χ1v) is 6.04. The molecule has 1 aliphatic carbocycles. The number of nitriles is 1. The zero-order valence-corrected chi connectivity index (χ0v) is 9.63. The first kappa shape index (κ1) is 10.2. The average Bonchev–Trinajstić information content (AvgIpc) is 2.91. The van der Waals surface area contributed by atoms with Crippen LogP contribution in [0.5, 0.6) is 0 Å². The van der Waals surface area contributed by atoms with Crippen LogP contribution in [0.3, 0.4) is 0 Å². The Labute approximate surface area is 101 Å². The maximum atomic E-state index is 9.14. The number of hydrogen-bond acceptors (Lipinski definition) is 1. The fourth-order valence-corrected chi connectivity index (χ4v) is 2.60. The van der Waals surface area contributed by atoms with Gasteiger partial charge in [0.1, 0.15) is 0 Å². The van der Waals surface area contributed by atoms with Gasteiger partial charge in [0, 0.05) is 18.1 Å². The summed E-state index contributed by atoms with van der Waals surface area (Å²) in [4.78, 5) is 0. The van der Waals surface area contributed by atoms with Crippen LogP contribution in [-0.2, 0) is 6.42 Å². The predicted molar refractivity (Wildman–Crippen MR) is 67.1 cm³/mol. The van der Waals surface area contributed by atoms with Crippen molar-refractivity contribution >= 4 is 0 Å². The monoisotopic (exact) mass is 222 g/mol. The van der Waals surface area contributed by atoms with Crippen molar-refractivity contribution in [2.24, 2.45) is 0 Å². The van der Waals surface area contributed by atoms with Crippen molar-refractivity contribution < 1.29 is 0 Å². The molecule has 1 atom stereocenters. The minimum Gasteiger partial charge on any atom is -0.324 e. The van der Waals surface area contributed by atoms with E-state index in [4.69, 9.17) is 5.26 Å². The van der Waals surface area contributed by atoms with E-state index in [0.29, 0.717) is 0 Å². The molecule has 0 amide bonds. The van der Waals surface area contributed by atoms with Crippen molar-refractivity contribution in [2.75, 3.05) is 0 Å². The average molecular weight is 222 g/mol. The molecule has 3 rings (SSSR count). The van der Waals surface area contributed by atoms with Crippen molar-refractivity contribution in [1.82, 2.24) is 4.57 Å². The highest BCUT2D eigenvalue weighted by atomic mass is 14.9. The number of hydrogen-bond donors (Lipinski definition) is 0. The molecule has 2 nitrogen and oxygen atoms in total. The zero-order chi connectivity index (χ0) is 11.7. The van der Waals surface area contributed by atoms with Gasteiger partial charge in [0.15, 0.2) is 0 Å². The molecule has 0 bridgehead atoms. The highest BCUT2D eigenvalue weighted by Crippen LogP contribution is 2.32. The Hall–Kier alpha value is -2.01. The van der Waals surface area contributed by atoms with Gasteiger partial charge in [0.05, 0.1) is 12.0 Å². The largest absolute Gasteiger partial charge is 0.324 e. The van der Waals surface area contributed by atoms with E-state index >= 15 is 0 Å². The highest BCUT2D eigenvalue weighted by Gasteiger charge is 2.19. The van der Waals surface area contributed by atoms with Crippen LogP contribution in [0.2, 0.25) is 0 Å². The van der Waals surface area contributed by atoms with Gasteiger partial charge in [-0.3, -0.25) is 0 Å². The Kier molecular flexibility index (Phi) is 2.45. The van der Waals surface area contributed by atoms with Crippen molar-refractivity contribution in [1.29, 1.82) is 5.26 Å². The molecule has 2 heteroatoms. The smallest absolute Gasteiger partial charge is 0.0715 e. The molecule has 0 saturated heterocycles. The highest BCUT2D eigenvalue weighted by molar-refractivity contribution is 5.45. The van der Waals surface area contributed by atoms with E-state index in [1.54, 1.807) is 0 Å². The molecule has 0 saturated carbocycles. The molecule has 2 aromatic rings. The van der Waals surface area contributed by atoms with Gasteiger partial charge in [-0.05, 0) is 54.7 Å². The van der Waals surface area contributed by atoms with Gasteiger partial charge in [-0.15, -0.1) is 0 Å². The van der Waals surface area contributed by atoms with E-state index < -0.39 is 0 Å². The van der Waals surface area contributed by atoms with E-state index in [-0.39, 0.29) is 5.92 Å². The third-order valence-electron chi connectivity index (χ3n) is 3.50. The molecule has 0 spiro atoms. The zero-order valence-electron chi connectivity index (χ0n) is 9.63. The summed E-state index contributed by atoms with van der Waals surface area (Å²) >= 11 is 0. The number of fused-ring (bicyclic) bond motifs is 1. The number of aryl methyl sites for hydroxylation is 1. The Morgan fingerprint density at radius 1 is 1.24 bits per heavy atom. The molecular formula is C15H14N2. The topological polar surface area (TPSA) is 28.7 Å². The number of rotatable bonds is 1. The van der Waals surface area contributed by atoms with Crippen molar-refractivity contribution in [3.05, 3.63) is 53.9 Å². The van der Waals surface area contributed by atoms with E-state index in [1.165, 1.54) is 16.8 Å². The summed E-state index contributed by atoms with van der Waals surface area (Å²) in [6, 6.07) is 12.9. The van der Waals surface area contributed by atoms with Gasteiger partial charge in [0.25, 0.3) is 0 Å². The van der Waals surface area contributed by atoms with E-state index in [1.807, 2.05) is 24.5 Å². The minimum atomic E-state index is 0.0949. The number of aromatic nitrogens is 1. The van der Waals surface area contributed by atoms with Crippen LogP contribution in [0.4, 0.5) is 0 Å². The fourth-order valence-electron chi connectivity index (χ4n) is 2.60. The number of nitrogens with zero attached hydrogens (tertiary/aromatic N) is 2. The lowest BCUT2D eigenvalue weighted by atomic mass is 9.83. The minimum absolute atomic E-state index is 0.0949. The van der Waals surface area contributed by atoms with Crippen LogP contribution in [-0.4, -0.2) is 4.57 Å². The quantitative estimate of drug-likeness (QED) is 0.726. The van der Waals surface area contributed by atoms with Gasteiger partial charge >= 0.3 is 0 Å². The molecule has 1 heterocycles. The maximum Gasteiger partial charge on any atom is 0.0715 e. The normalized spacial score (nSPS) is 18.4. The molecule has 0 radical (unpaired) electrons. The second-order valence-electron chi connectivity index (χ2n) is 4.55. The summed E-state index contributed by atoms with van der Waals surface area (Å²) in [5.41, 5.74) is 3.76. The third kappa shape index (κ3) is 1.74. The van der Waals surface area contributed by atoms with Crippen LogP contribution in [0.15, 0.2) is 42.7 Å². The molecule has 1 unspecified atom stereocenters. The molecule has 1 aliphatic rings. The van der Waals surface area contributed by atoms with Crippen LogP contribution in [0.1, 0.15) is 29.9 Å². The summed E-state index contributed by atoms with van der Waals surface area (Å²) in [5, 5.41) is 9.14. The summed E-state index contributed by atoms with van der Waals surface area (Å²) in [5.74, 6) is 0.0949. The standard InChI is InChI=1S/C15H14N2/c16-11-13-5-3-4-12-10-14(6-7-15(12)13)17-8-1-2-9-17/h1-2,6-10,13H,3-5H2. The van der Waals surface area contributed by atoms with Gasteiger partial charge < -0.3 is 4.57 Å². The maximum absolute atomic E-state index is 9.14. The molecule has 1 aromatic carbocycles. The summed E-state index contributed by atoms with van der Waals surface area (Å²) < 4.78 is 2.11. The summed E-state index contributed by atoms with van der Waals surface area (Å²) in [6.07, 6.45) is 7.33. The van der Waals surface area contributed by atoms with Crippen molar-refractivity contribution in [3.63, 3.8) is 0 Å². The van der Waals surface area contributed by atoms with Crippen molar-refractivity contribution in [3.8, 4) is 11.8 Å². The number of benzene rings is 1. The van der Waals surface area contributed by atoms with Crippen LogP contribution >= 0.6 is 0 Å². The van der Waals surface area contributed by atoms with Gasteiger partial charge in [-0.25, -0.2) is 0 Å². The first-order valence-electron chi connectivity index (χ1n) is 6.04. The van der Waals surface area contributed by atoms with Gasteiger partial charge in [0.2, 0.25) is 0 Å². The third-order valence-corrected chi connectivity index (χ3v) is 3.50. The second-order valence-corrected chi connectivity index (χ2v) is 4.55. The molecule has 0 N–H and O–H groups in total. The molecule has 17 heavy (non-hydrogen) atoms. The Morgan fingerprint density at radius 3 is 2.82 bits per heavy atom. The van der Waals surface area contributed by atoms with Crippen LogP contribution < -0.4 is 0 Å². The molecule has 84 valence electrons. The predicted octanol–water partition coefficient (Wildman–Crippen LogP) is 3.42. The fraction of sp³-hybridized carbons (Fsp3) is 0.267. The van der Waals surface area contributed by atoms with Crippen molar-refractivity contribution in [2.45, 2.75) is 25.2 Å². The lowest BCUT2D eigenvalue weighted by molar-refractivity contribution is 0.636. The van der Waals surface area contributed by atoms with E-state index in [9.17, 15) is 0 Å². The first-order chi connectivity index (χ1) is 8.38. The lowest BCUT2D eigenvalue weighted by Gasteiger charge is -2.21. The Bertz CT molecular complexity index is 561. The lowest BCUT2D eigenvalue weighted by Crippen LogP contribution is -2.08. The van der Waals surface area contributed by atoms with E-state index in [0.717, 1.165) is 19.3 Å². The van der Waals surface area contributed by atoms with E-state index in [2.05, 4.69) is 28.8 Å². The second kappa shape index (κ2) is 4.10. The molecule has 0 fully saturated rings. The Morgan fingerprint density at radius 2 is 2.06 bits per heavy atom. The SMILES string of the molecule is N#CC1CCCc2cc(-n3cccc3)ccc21. The molecular weight excluding hydrogens is 208 g/mol. The molecule has 1 aromatic heterocycles. The molecule has 0 aliphatic heterocycles. The Balaban J connectivity index is 2.05. The van der Waals surface area contributed by atoms with Crippen LogP contribution in [0.25, 0.3) is 5.69 Å². The summed E-state index contributed by atoms with van der Waals surface area (Å²) in [6.45, 7) is 0. The van der Waals surface area contributed by atoms with Crippen LogP contribution in [0, 0.1) is 11.3 Å². The summed E-state index contributed by atoms with van der Waals surface area (Å²) in [7, 11) is 0. The van der Waals surface area contributed by atoms with Gasteiger partial charge in [-0.1, -0.05) is 6.07 Å². The van der Waals surface area contributed by atoms with Gasteiger partial charge in [-0.2, -0.15) is 5.26 Å².